The van der Waals surface area contributed by atoms with Gasteiger partial charge in [0, 0.05) is 17.8 Å². The van der Waals surface area contributed by atoms with Crippen LogP contribution >= 0.6 is 11.3 Å². The Balaban J connectivity index is 2.12. The van der Waals surface area contributed by atoms with Gasteiger partial charge in [-0.15, -0.1) is 11.3 Å². The highest BCUT2D eigenvalue weighted by Gasteiger charge is 2.10. The van der Waals surface area contributed by atoms with Gasteiger partial charge in [-0.25, -0.2) is 4.98 Å². The number of hydrogen-bond donors (Lipinski definition) is 1. The lowest BCUT2D eigenvalue weighted by Gasteiger charge is -2.00. The van der Waals surface area contributed by atoms with E-state index in [0.29, 0.717) is 0 Å². The molecule has 0 fully saturated rings. The average Bonchev–Trinajstić information content (AvgIpc) is 2.80. The Morgan fingerprint density at radius 2 is 1.95 bits per heavy atom. The third-order valence-electron chi connectivity index (χ3n) is 3.04. The molecule has 2 aromatic rings. The lowest BCUT2D eigenvalue weighted by Crippen LogP contribution is -2.11. The van der Waals surface area contributed by atoms with Gasteiger partial charge in [0.2, 0.25) is 0 Å². The molecule has 1 heterocycles. The summed E-state index contributed by atoms with van der Waals surface area (Å²) in [6.07, 6.45) is 3.20. The highest BCUT2D eigenvalue weighted by Crippen LogP contribution is 2.22. The van der Waals surface area contributed by atoms with E-state index in [9.17, 15) is 0 Å². The van der Waals surface area contributed by atoms with Crippen molar-refractivity contribution < 1.29 is 0 Å². The quantitative estimate of drug-likeness (QED) is 0.831. The fourth-order valence-corrected chi connectivity index (χ4v) is 3.21. The van der Waals surface area contributed by atoms with Crippen LogP contribution in [-0.2, 0) is 19.4 Å². The molecule has 0 radical (unpaired) electrons. The zero-order chi connectivity index (χ0) is 13.5. The van der Waals surface area contributed by atoms with Gasteiger partial charge in [-0.2, -0.15) is 0 Å². The van der Waals surface area contributed by atoms with Crippen molar-refractivity contribution in [2.45, 2.75) is 39.7 Å². The third kappa shape index (κ3) is 4.15. The van der Waals surface area contributed by atoms with E-state index in [2.05, 4.69) is 49.5 Å². The van der Waals surface area contributed by atoms with Crippen molar-refractivity contribution in [3.63, 3.8) is 0 Å². The largest absolute Gasteiger partial charge is 0.312 e. The number of rotatable bonds is 7. The number of aryl methyl sites for hydroxylation is 1. The summed E-state index contributed by atoms with van der Waals surface area (Å²) in [6.45, 7) is 6.33. The smallest absolute Gasteiger partial charge is 0.0975 e. The van der Waals surface area contributed by atoms with E-state index in [4.69, 9.17) is 4.98 Å². The fraction of sp³-hybridized carbons (Fsp3) is 0.438. The van der Waals surface area contributed by atoms with Crippen LogP contribution in [0.25, 0.3) is 0 Å². The van der Waals surface area contributed by atoms with Crippen LogP contribution in [0, 0.1) is 0 Å². The summed E-state index contributed by atoms with van der Waals surface area (Å²) >= 11 is 1.86. The predicted octanol–water partition coefficient (Wildman–Crippen LogP) is 3.80. The van der Waals surface area contributed by atoms with Crippen molar-refractivity contribution in [3.8, 4) is 0 Å². The molecular weight excluding hydrogens is 252 g/mol. The Hall–Kier alpha value is -1.19. The van der Waals surface area contributed by atoms with E-state index in [0.717, 1.165) is 32.4 Å². The van der Waals surface area contributed by atoms with Gasteiger partial charge in [-0.05, 0) is 18.5 Å². The standard InChI is InChI=1S/C16H22N2S/c1-3-8-14-15(12-17-4-2)19-16(18-14)11-13-9-6-5-7-10-13/h5-7,9-10,17H,3-4,8,11-12H2,1-2H3. The third-order valence-corrected chi connectivity index (χ3v) is 4.14. The van der Waals surface area contributed by atoms with E-state index >= 15 is 0 Å². The molecule has 0 amide bonds. The maximum Gasteiger partial charge on any atom is 0.0975 e. The molecule has 3 heteroatoms. The first-order valence-corrected chi connectivity index (χ1v) is 7.87. The maximum atomic E-state index is 4.83. The molecule has 102 valence electrons. The van der Waals surface area contributed by atoms with E-state index in [1.165, 1.54) is 21.1 Å². The molecule has 1 aromatic carbocycles. The van der Waals surface area contributed by atoms with Crippen LogP contribution in [0.4, 0.5) is 0 Å². The summed E-state index contributed by atoms with van der Waals surface area (Å²) in [6, 6.07) is 10.6. The molecule has 0 unspecified atom stereocenters. The highest BCUT2D eigenvalue weighted by molar-refractivity contribution is 7.11. The van der Waals surface area contributed by atoms with Crippen LogP contribution in [0.3, 0.4) is 0 Å². The van der Waals surface area contributed by atoms with Crippen LogP contribution in [-0.4, -0.2) is 11.5 Å². The van der Waals surface area contributed by atoms with E-state index in [-0.39, 0.29) is 0 Å². The average molecular weight is 274 g/mol. The Morgan fingerprint density at radius 3 is 2.63 bits per heavy atom. The van der Waals surface area contributed by atoms with Gasteiger partial charge in [0.15, 0.2) is 0 Å². The van der Waals surface area contributed by atoms with Crippen LogP contribution in [0.1, 0.15) is 41.4 Å². The first-order valence-electron chi connectivity index (χ1n) is 7.05. The van der Waals surface area contributed by atoms with Gasteiger partial charge in [-0.1, -0.05) is 50.6 Å². The van der Waals surface area contributed by atoms with Gasteiger partial charge in [0.25, 0.3) is 0 Å². The number of benzene rings is 1. The molecule has 0 aliphatic heterocycles. The topological polar surface area (TPSA) is 24.9 Å². The van der Waals surface area contributed by atoms with Crippen molar-refractivity contribution in [3.05, 3.63) is 51.5 Å². The monoisotopic (exact) mass is 274 g/mol. The SMILES string of the molecule is CCCc1nc(Cc2ccccc2)sc1CNCC. The second-order valence-corrected chi connectivity index (χ2v) is 5.84. The summed E-state index contributed by atoms with van der Waals surface area (Å²) < 4.78 is 0. The van der Waals surface area contributed by atoms with Crippen molar-refractivity contribution >= 4 is 11.3 Å². The Morgan fingerprint density at radius 1 is 1.16 bits per heavy atom. The summed E-state index contributed by atoms with van der Waals surface area (Å²) in [5.74, 6) is 0. The van der Waals surface area contributed by atoms with Crippen LogP contribution in [0.15, 0.2) is 30.3 Å². The summed E-state index contributed by atoms with van der Waals surface area (Å²) in [7, 11) is 0. The molecule has 0 bridgehead atoms. The highest BCUT2D eigenvalue weighted by atomic mass is 32.1. The van der Waals surface area contributed by atoms with Gasteiger partial charge in [0.1, 0.15) is 0 Å². The molecule has 0 aliphatic rings. The zero-order valence-electron chi connectivity index (χ0n) is 11.8. The van der Waals surface area contributed by atoms with E-state index < -0.39 is 0 Å². The van der Waals surface area contributed by atoms with Gasteiger partial charge >= 0.3 is 0 Å². The lowest BCUT2D eigenvalue weighted by molar-refractivity contribution is 0.723. The van der Waals surface area contributed by atoms with Crippen molar-refractivity contribution in [1.82, 2.24) is 10.3 Å². The minimum Gasteiger partial charge on any atom is -0.312 e. The number of nitrogens with one attached hydrogen (secondary N) is 1. The Labute approximate surface area is 119 Å². The minimum atomic E-state index is 0.953. The molecule has 0 spiro atoms. The van der Waals surface area contributed by atoms with Gasteiger partial charge < -0.3 is 5.32 Å². The first-order chi connectivity index (χ1) is 9.33. The van der Waals surface area contributed by atoms with Gasteiger partial charge in [-0.3, -0.25) is 0 Å². The summed E-state index contributed by atoms with van der Waals surface area (Å²) in [5, 5.41) is 4.65. The van der Waals surface area contributed by atoms with Crippen molar-refractivity contribution in [1.29, 1.82) is 0 Å². The predicted molar refractivity (Wildman–Crippen MR) is 82.7 cm³/mol. The molecule has 19 heavy (non-hydrogen) atoms. The Bertz CT molecular complexity index is 491. The Kier molecular flexibility index (Phi) is 5.55. The number of hydrogen-bond acceptors (Lipinski definition) is 3. The zero-order valence-corrected chi connectivity index (χ0v) is 12.6. The van der Waals surface area contributed by atoms with E-state index in [1.54, 1.807) is 0 Å². The first kappa shape index (κ1) is 14.2. The maximum absolute atomic E-state index is 4.83. The summed E-state index contributed by atoms with van der Waals surface area (Å²) in [4.78, 5) is 6.24. The van der Waals surface area contributed by atoms with Gasteiger partial charge in [0.05, 0.1) is 10.7 Å². The minimum absolute atomic E-state index is 0.953. The molecule has 2 rings (SSSR count). The van der Waals surface area contributed by atoms with Crippen molar-refractivity contribution in [2.75, 3.05) is 6.54 Å². The molecule has 0 aliphatic carbocycles. The molecule has 1 N–H and O–H groups in total. The van der Waals surface area contributed by atoms with Crippen molar-refractivity contribution in [2.24, 2.45) is 0 Å². The second kappa shape index (κ2) is 7.41. The molecular formula is C16H22N2S. The van der Waals surface area contributed by atoms with Crippen LogP contribution < -0.4 is 5.32 Å². The lowest BCUT2D eigenvalue weighted by atomic mass is 10.2. The molecule has 0 saturated heterocycles. The van der Waals surface area contributed by atoms with Crippen LogP contribution in [0.2, 0.25) is 0 Å². The fourth-order valence-electron chi connectivity index (χ4n) is 2.09. The van der Waals surface area contributed by atoms with Crippen LogP contribution in [0.5, 0.6) is 0 Å². The number of aromatic nitrogens is 1. The second-order valence-electron chi connectivity index (χ2n) is 4.67. The molecule has 0 saturated carbocycles. The number of nitrogens with zero attached hydrogens (tertiary/aromatic N) is 1. The van der Waals surface area contributed by atoms with E-state index in [1.807, 2.05) is 11.3 Å². The molecule has 1 aromatic heterocycles. The number of thiazole rings is 1. The normalized spacial score (nSPS) is 10.8. The summed E-state index contributed by atoms with van der Waals surface area (Å²) in [5.41, 5.74) is 2.63. The molecule has 2 nitrogen and oxygen atoms in total. The molecule has 0 atom stereocenters.